The lowest BCUT2D eigenvalue weighted by molar-refractivity contribution is 0.0938. The van der Waals surface area contributed by atoms with Crippen LogP contribution in [0.3, 0.4) is 0 Å². The van der Waals surface area contributed by atoms with E-state index < -0.39 is 23.6 Å². The molecule has 0 aliphatic heterocycles. The van der Waals surface area contributed by atoms with Crippen molar-refractivity contribution in [1.82, 2.24) is 5.32 Å². The van der Waals surface area contributed by atoms with E-state index in [0.29, 0.717) is 0 Å². The Morgan fingerprint density at radius 2 is 1.33 bits per heavy atom. The van der Waals surface area contributed by atoms with Gasteiger partial charge in [0.2, 0.25) is 0 Å². The van der Waals surface area contributed by atoms with E-state index in [1.54, 1.807) is 0 Å². The van der Waals surface area contributed by atoms with Gasteiger partial charge in [-0.3, -0.25) is 4.79 Å². The first-order valence-corrected chi connectivity index (χ1v) is 7.51. The summed E-state index contributed by atoms with van der Waals surface area (Å²) in [4.78, 5) is 12.5. The Morgan fingerprint density at radius 3 is 1.88 bits per heavy atom. The van der Waals surface area contributed by atoms with Crippen LogP contribution in [0.5, 0.6) is 0 Å². The number of halogens is 2. The molecule has 0 atom stereocenters. The van der Waals surface area contributed by atoms with E-state index >= 15 is 0 Å². The quantitative estimate of drug-likeness (QED) is 0.753. The van der Waals surface area contributed by atoms with Gasteiger partial charge < -0.3 is 5.32 Å². The van der Waals surface area contributed by atoms with E-state index in [0.717, 1.165) is 29.3 Å². The van der Waals surface area contributed by atoms with Crippen LogP contribution in [0.2, 0.25) is 0 Å². The maximum Gasteiger partial charge on any atom is 0.255 e. The molecule has 4 heteroatoms. The van der Waals surface area contributed by atoms with Crippen molar-refractivity contribution in [2.45, 2.75) is 6.04 Å². The third-order valence-corrected chi connectivity index (χ3v) is 3.71. The van der Waals surface area contributed by atoms with Gasteiger partial charge in [-0.1, -0.05) is 60.7 Å². The summed E-state index contributed by atoms with van der Waals surface area (Å²) < 4.78 is 27.2. The molecule has 1 amide bonds. The molecule has 120 valence electrons. The second kappa shape index (κ2) is 7.04. The molecule has 0 heterocycles. The van der Waals surface area contributed by atoms with Crippen LogP contribution in [0.1, 0.15) is 27.5 Å². The molecule has 0 saturated carbocycles. The molecule has 0 radical (unpaired) electrons. The van der Waals surface area contributed by atoms with Gasteiger partial charge in [0.1, 0.15) is 11.6 Å². The predicted octanol–water partition coefficient (Wildman–Crippen LogP) is 4.48. The zero-order chi connectivity index (χ0) is 16.9. The predicted molar refractivity (Wildman–Crippen MR) is 88.6 cm³/mol. The maximum absolute atomic E-state index is 13.8. The van der Waals surface area contributed by atoms with E-state index in [1.165, 1.54) is 0 Å². The lowest BCUT2D eigenvalue weighted by Gasteiger charge is -2.20. The Bertz CT molecular complexity index is 795. The smallest absolute Gasteiger partial charge is 0.255 e. The SMILES string of the molecule is O=C(NC(c1ccccc1)c1ccccc1)c1cc(F)ccc1F. The number of rotatable bonds is 4. The van der Waals surface area contributed by atoms with Crippen LogP contribution < -0.4 is 5.32 Å². The summed E-state index contributed by atoms with van der Waals surface area (Å²) in [6, 6.07) is 21.1. The van der Waals surface area contributed by atoms with Crippen LogP contribution in [-0.4, -0.2) is 5.91 Å². The molecule has 0 aliphatic carbocycles. The number of hydrogen-bond donors (Lipinski definition) is 1. The van der Waals surface area contributed by atoms with E-state index in [2.05, 4.69) is 5.32 Å². The topological polar surface area (TPSA) is 29.1 Å². The molecule has 0 bridgehead atoms. The number of carbonyl (C=O) groups excluding carboxylic acids is 1. The minimum absolute atomic E-state index is 0.313. The normalized spacial score (nSPS) is 10.6. The van der Waals surface area contributed by atoms with Crippen LogP contribution in [0.4, 0.5) is 8.78 Å². The van der Waals surface area contributed by atoms with Gasteiger partial charge in [-0.25, -0.2) is 8.78 Å². The Kier molecular flexibility index (Phi) is 4.66. The molecule has 1 N–H and O–H groups in total. The van der Waals surface area contributed by atoms with Gasteiger partial charge in [0.15, 0.2) is 0 Å². The zero-order valence-corrected chi connectivity index (χ0v) is 12.7. The summed E-state index contributed by atoms with van der Waals surface area (Å²) in [5.41, 5.74) is 1.40. The highest BCUT2D eigenvalue weighted by molar-refractivity contribution is 5.95. The van der Waals surface area contributed by atoms with Gasteiger partial charge in [-0.2, -0.15) is 0 Å². The van der Waals surface area contributed by atoms with Crippen molar-refractivity contribution in [2.24, 2.45) is 0 Å². The summed E-state index contributed by atoms with van der Waals surface area (Å²) in [7, 11) is 0. The number of carbonyl (C=O) groups is 1. The van der Waals surface area contributed by atoms with Crippen molar-refractivity contribution < 1.29 is 13.6 Å². The molecule has 24 heavy (non-hydrogen) atoms. The first-order chi connectivity index (χ1) is 11.6. The minimum atomic E-state index is -0.756. The van der Waals surface area contributed by atoms with E-state index in [-0.39, 0.29) is 5.56 Å². The summed E-state index contributed by atoms with van der Waals surface area (Å²) >= 11 is 0. The zero-order valence-electron chi connectivity index (χ0n) is 12.7. The second-order valence-corrected chi connectivity index (χ2v) is 5.35. The average molecular weight is 323 g/mol. The van der Waals surface area contributed by atoms with Crippen LogP contribution in [0, 0.1) is 11.6 Å². The molecule has 0 unspecified atom stereocenters. The lowest BCUT2D eigenvalue weighted by Crippen LogP contribution is -2.30. The molecular weight excluding hydrogens is 308 g/mol. The van der Waals surface area contributed by atoms with Crippen molar-refractivity contribution in [1.29, 1.82) is 0 Å². The van der Waals surface area contributed by atoms with Gasteiger partial charge in [-0.05, 0) is 29.3 Å². The van der Waals surface area contributed by atoms with Crippen LogP contribution in [0.15, 0.2) is 78.9 Å². The average Bonchev–Trinajstić information content (AvgIpc) is 2.63. The van der Waals surface area contributed by atoms with Gasteiger partial charge in [0, 0.05) is 0 Å². The molecule has 0 fully saturated rings. The molecule has 3 rings (SSSR count). The molecule has 0 spiro atoms. The Labute approximate surface area is 138 Å². The molecule has 0 aliphatic rings. The van der Waals surface area contributed by atoms with Gasteiger partial charge in [0.25, 0.3) is 5.91 Å². The number of amides is 1. The first-order valence-electron chi connectivity index (χ1n) is 7.51. The largest absolute Gasteiger partial charge is 0.341 e. The fourth-order valence-electron chi connectivity index (χ4n) is 2.53. The summed E-state index contributed by atoms with van der Waals surface area (Å²) in [6.07, 6.45) is 0. The van der Waals surface area contributed by atoms with Gasteiger partial charge >= 0.3 is 0 Å². The van der Waals surface area contributed by atoms with E-state index in [4.69, 9.17) is 0 Å². The number of hydrogen-bond acceptors (Lipinski definition) is 1. The van der Waals surface area contributed by atoms with Crippen molar-refractivity contribution >= 4 is 5.91 Å². The van der Waals surface area contributed by atoms with Crippen LogP contribution in [0.25, 0.3) is 0 Å². The fraction of sp³-hybridized carbons (Fsp3) is 0.0500. The third kappa shape index (κ3) is 3.49. The lowest BCUT2D eigenvalue weighted by atomic mass is 9.98. The number of benzene rings is 3. The van der Waals surface area contributed by atoms with Crippen molar-refractivity contribution in [3.05, 3.63) is 107 Å². The molecule has 2 nitrogen and oxygen atoms in total. The van der Waals surface area contributed by atoms with Gasteiger partial charge in [0.05, 0.1) is 11.6 Å². The Morgan fingerprint density at radius 1 is 0.792 bits per heavy atom. The van der Waals surface area contributed by atoms with Crippen LogP contribution in [-0.2, 0) is 0 Å². The fourth-order valence-corrected chi connectivity index (χ4v) is 2.53. The summed E-state index contributed by atoms with van der Waals surface area (Å²) in [5, 5.41) is 2.79. The monoisotopic (exact) mass is 323 g/mol. The first kappa shape index (κ1) is 15.9. The molecule has 0 aromatic heterocycles. The highest BCUT2D eigenvalue weighted by Crippen LogP contribution is 2.22. The third-order valence-electron chi connectivity index (χ3n) is 3.71. The summed E-state index contributed by atoms with van der Waals surface area (Å²) in [5.74, 6) is -2.07. The highest BCUT2D eigenvalue weighted by atomic mass is 19.1. The molecular formula is C20H15F2NO. The van der Waals surface area contributed by atoms with E-state index in [9.17, 15) is 13.6 Å². The standard InChI is InChI=1S/C20H15F2NO/c21-16-11-12-18(22)17(13-16)20(24)23-19(14-7-3-1-4-8-14)15-9-5-2-6-10-15/h1-13,19H,(H,23,24). The van der Waals surface area contributed by atoms with Crippen molar-refractivity contribution in [2.75, 3.05) is 0 Å². The maximum atomic E-state index is 13.8. The molecule has 0 saturated heterocycles. The minimum Gasteiger partial charge on any atom is -0.341 e. The second-order valence-electron chi connectivity index (χ2n) is 5.35. The highest BCUT2D eigenvalue weighted by Gasteiger charge is 2.20. The van der Waals surface area contributed by atoms with Crippen molar-refractivity contribution in [3.8, 4) is 0 Å². The van der Waals surface area contributed by atoms with Gasteiger partial charge in [-0.15, -0.1) is 0 Å². The van der Waals surface area contributed by atoms with Crippen molar-refractivity contribution in [3.63, 3.8) is 0 Å². The van der Waals surface area contributed by atoms with Crippen LogP contribution >= 0.6 is 0 Å². The number of nitrogens with one attached hydrogen (secondary N) is 1. The molecule has 3 aromatic rings. The molecule has 3 aromatic carbocycles. The Hall–Kier alpha value is -3.01. The van der Waals surface area contributed by atoms with E-state index in [1.807, 2.05) is 60.7 Å². The Balaban J connectivity index is 1.95. The summed E-state index contributed by atoms with van der Waals surface area (Å²) in [6.45, 7) is 0.